The fourth-order valence-corrected chi connectivity index (χ4v) is 6.37. The molecule has 9 heteroatoms. The predicted octanol–water partition coefficient (Wildman–Crippen LogP) is 4.72. The average Bonchev–Trinajstić information content (AvgIpc) is 3.07. The molecule has 0 radical (unpaired) electrons. The Morgan fingerprint density at radius 2 is 1.97 bits per heavy atom. The highest BCUT2D eigenvalue weighted by molar-refractivity contribution is 7.89. The third-order valence-electron chi connectivity index (χ3n) is 5.35. The molecule has 31 heavy (non-hydrogen) atoms. The first-order chi connectivity index (χ1) is 14.7. The van der Waals surface area contributed by atoms with Crippen LogP contribution in [0.1, 0.15) is 58.1 Å². The van der Waals surface area contributed by atoms with Crippen LogP contribution in [0, 0.1) is 12.8 Å². The van der Waals surface area contributed by atoms with E-state index in [1.165, 1.54) is 37.7 Å². The summed E-state index contributed by atoms with van der Waals surface area (Å²) >= 11 is 1.35. The van der Waals surface area contributed by atoms with Crippen LogP contribution in [0.25, 0.3) is 10.4 Å². The van der Waals surface area contributed by atoms with Gasteiger partial charge in [0.25, 0.3) is 0 Å². The number of methoxy groups -OCH3 is 1. The van der Waals surface area contributed by atoms with E-state index in [9.17, 15) is 13.2 Å². The Balaban J connectivity index is 1.82. The van der Waals surface area contributed by atoms with Crippen molar-refractivity contribution in [2.45, 2.75) is 70.2 Å². The van der Waals surface area contributed by atoms with Crippen molar-refractivity contribution >= 4 is 32.4 Å². The molecule has 1 aromatic carbocycles. The quantitative estimate of drug-likeness (QED) is 0.588. The largest absolute Gasteiger partial charge is 0.495 e. The van der Waals surface area contributed by atoms with Crippen LogP contribution in [0.4, 0.5) is 5.13 Å². The number of aryl methyl sites for hydroxylation is 1. The Morgan fingerprint density at radius 1 is 1.26 bits per heavy atom. The molecule has 170 valence electrons. The van der Waals surface area contributed by atoms with E-state index in [2.05, 4.69) is 15.0 Å². The number of ether oxygens (including phenoxy) is 1. The SMILES string of the molecule is COc1ccc(-c2sc(NC(=O)CC3CCCCC3)nc2C)cc1S(=O)(=O)NC(C)C. The number of carbonyl (C=O) groups is 1. The van der Waals surface area contributed by atoms with Gasteiger partial charge in [-0.2, -0.15) is 0 Å². The van der Waals surface area contributed by atoms with Crippen LogP contribution < -0.4 is 14.8 Å². The fourth-order valence-electron chi connectivity index (χ4n) is 3.94. The summed E-state index contributed by atoms with van der Waals surface area (Å²) in [5.41, 5.74) is 1.45. The molecule has 0 aliphatic heterocycles. The van der Waals surface area contributed by atoms with Gasteiger partial charge in [-0.15, -0.1) is 0 Å². The van der Waals surface area contributed by atoms with Gasteiger partial charge in [-0.25, -0.2) is 18.1 Å². The zero-order valence-corrected chi connectivity index (χ0v) is 20.2. The molecule has 2 aromatic rings. The lowest BCUT2D eigenvalue weighted by molar-refractivity contribution is -0.117. The maximum absolute atomic E-state index is 12.8. The summed E-state index contributed by atoms with van der Waals surface area (Å²) in [7, 11) is -2.29. The van der Waals surface area contributed by atoms with Crippen molar-refractivity contribution in [2.75, 3.05) is 12.4 Å². The third-order valence-corrected chi connectivity index (χ3v) is 8.15. The van der Waals surface area contributed by atoms with Crippen LogP contribution in [0.3, 0.4) is 0 Å². The van der Waals surface area contributed by atoms with E-state index >= 15 is 0 Å². The zero-order chi connectivity index (χ0) is 22.6. The van der Waals surface area contributed by atoms with Gasteiger partial charge in [0.1, 0.15) is 10.6 Å². The van der Waals surface area contributed by atoms with Gasteiger partial charge >= 0.3 is 0 Å². The minimum Gasteiger partial charge on any atom is -0.495 e. The summed E-state index contributed by atoms with van der Waals surface area (Å²) in [6, 6.07) is 4.80. The second kappa shape index (κ2) is 10.1. The number of nitrogens with zero attached hydrogens (tertiary/aromatic N) is 1. The van der Waals surface area contributed by atoms with Gasteiger partial charge < -0.3 is 10.1 Å². The highest BCUT2D eigenvalue weighted by Crippen LogP contribution is 2.37. The topological polar surface area (TPSA) is 97.4 Å². The molecule has 0 spiro atoms. The van der Waals surface area contributed by atoms with Gasteiger partial charge in [-0.05, 0) is 63.3 Å². The zero-order valence-electron chi connectivity index (χ0n) is 18.5. The first-order valence-corrected chi connectivity index (χ1v) is 13.0. The molecule has 1 fully saturated rings. The number of rotatable bonds is 8. The average molecular weight is 466 g/mol. The fraction of sp³-hybridized carbons (Fsp3) is 0.545. The number of thiazole rings is 1. The van der Waals surface area contributed by atoms with Gasteiger partial charge in [0, 0.05) is 12.5 Å². The molecule has 0 atom stereocenters. The molecule has 1 heterocycles. The Bertz CT molecular complexity index is 1030. The number of sulfonamides is 1. The second-order valence-electron chi connectivity index (χ2n) is 8.33. The summed E-state index contributed by atoms with van der Waals surface area (Å²) in [6.45, 7) is 5.39. The van der Waals surface area contributed by atoms with E-state index in [1.54, 1.807) is 32.0 Å². The molecule has 1 aliphatic carbocycles. The number of amides is 1. The molecule has 2 N–H and O–H groups in total. The normalized spacial score (nSPS) is 15.3. The highest BCUT2D eigenvalue weighted by Gasteiger charge is 2.23. The maximum Gasteiger partial charge on any atom is 0.244 e. The van der Waals surface area contributed by atoms with Gasteiger partial charge in [-0.1, -0.05) is 30.6 Å². The summed E-state index contributed by atoms with van der Waals surface area (Å²) in [4.78, 5) is 17.9. The lowest BCUT2D eigenvalue weighted by atomic mass is 9.87. The molecule has 0 bridgehead atoms. The van der Waals surface area contributed by atoms with Gasteiger partial charge in [0.15, 0.2) is 5.13 Å². The molecule has 3 rings (SSSR count). The molecule has 7 nitrogen and oxygen atoms in total. The number of benzene rings is 1. The molecule has 1 amide bonds. The van der Waals surface area contributed by atoms with E-state index in [0.717, 1.165) is 23.4 Å². The van der Waals surface area contributed by atoms with Gasteiger partial charge in [-0.3, -0.25) is 4.79 Å². The van der Waals surface area contributed by atoms with Crippen LogP contribution in [0.15, 0.2) is 23.1 Å². The van der Waals surface area contributed by atoms with Crippen LogP contribution in [-0.2, 0) is 14.8 Å². The Kier molecular flexibility index (Phi) is 7.72. The third kappa shape index (κ3) is 6.05. The van der Waals surface area contributed by atoms with Crippen molar-refractivity contribution in [2.24, 2.45) is 5.92 Å². The Hall–Kier alpha value is -1.97. The number of carbonyl (C=O) groups excluding carboxylic acids is 1. The molecule has 1 aliphatic rings. The van der Waals surface area contributed by atoms with Crippen molar-refractivity contribution in [1.29, 1.82) is 0 Å². The van der Waals surface area contributed by atoms with E-state index in [0.29, 0.717) is 23.0 Å². The van der Waals surface area contributed by atoms with Crippen LogP contribution in [0.2, 0.25) is 0 Å². The number of nitrogens with one attached hydrogen (secondary N) is 2. The maximum atomic E-state index is 12.8. The molecular formula is C22H31N3O4S2. The number of hydrogen-bond donors (Lipinski definition) is 2. The van der Waals surface area contributed by atoms with E-state index in [-0.39, 0.29) is 22.6 Å². The molecule has 1 saturated carbocycles. The predicted molar refractivity (Wildman–Crippen MR) is 124 cm³/mol. The number of hydrogen-bond acceptors (Lipinski definition) is 6. The van der Waals surface area contributed by atoms with Crippen LogP contribution >= 0.6 is 11.3 Å². The van der Waals surface area contributed by atoms with E-state index in [4.69, 9.17) is 4.74 Å². The minimum absolute atomic E-state index is 0.00803. The first-order valence-electron chi connectivity index (χ1n) is 10.7. The summed E-state index contributed by atoms with van der Waals surface area (Å²) in [5, 5.41) is 3.46. The van der Waals surface area contributed by atoms with Gasteiger partial charge in [0.2, 0.25) is 15.9 Å². The summed E-state index contributed by atoms with van der Waals surface area (Å²) < 4.78 is 33.4. The van der Waals surface area contributed by atoms with Crippen molar-refractivity contribution in [1.82, 2.24) is 9.71 Å². The molecular weight excluding hydrogens is 434 g/mol. The summed E-state index contributed by atoms with van der Waals surface area (Å²) in [6.07, 6.45) is 6.42. The van der Waals surface area contributed by atoms with Crippen molar-refractivity contribution in [3.05, 3.63) is 23.9 Å². The minimum atomic E-state index is -3.73. The van der Waals surface area contributed by atoms with Crippen LogP contribution in [0.5, 0.6) is 5.75 Å². The highest BCUT2D eigenvalue weighted by atomic mass is 32.2. The Morgan fingerprint density at radius 3 is 2.61 bits per heavy atom. The smallest absolute Gasteiger partial charge is 0.244 e. The van der Waals surface area contributed by atoms with Crippen LogP contribution in [-0.4, -0.2) is 32.5 Å². The van der Waals surface area contributed by atoms with Crippen molar-refractivity contribution < 1.29 is 17.9 Å². The lowest BCUT2D eigenvalue weighted by Gasteiger charge is -2.20. The standard InChI is InChI=1S/C22H31N3O4S2/c1-14(2)25-31(27,28)19-13-17(10-11-18(19)29-4)21-15(3)23-22(30-21)24-20(26)12-16-8-6-5-7-9-16/h10-11,13-14,16,25H,5-9,12H2,1-4H3,(H,23,24,26). The molecule has 0 unspecified atom stereocenters. The molecule has 1 aromatic heterocycles. The molecule has 0 saturated heterocycles. The lowest BCUT2D eigenvalue weighted by Crippen LogP contribution is -2.30. The monoisotopic (exact) mass is 465 g/mol. The number of anilines is 1. The van der Waals surface area contributed by atoms with Gasteiger partial charge in [0.05, 0.1) is 17.7 Å². The van der Waals surface area contributed by atoms with E-state index in [1.807, 2.05) is 6.92 Å². The summed E-state index contributed by atoms with van der Waals surface area (Å²) in [5.74, 6) is 0.725. The second-order valence-corrected chi connectivity index (χ2v) is 11.0. The van der Waals surface area contributed by atoms with E-state index < -0.39 is 10.0 Å². The van der Waals surface area contributed by atoms with Crippen molar-refractivity contribution in [3.8, 4) is 16.2 Å². The Labute approximate surface area is 188 Å². The first kappa shape index (κ1) is 23.7. The number of aromatic nitrogens is 1. The van der Waals surface area contributed by atoms with Crippen molar-refractivity contribution in [3.63, 3.8) is 0 Å².